The van der Waals surface area contributed by atoms with E-state index in [1.165, 1.54) is 167 Å². The summed E-state index contributed by atoms with van der Waals surface area (Å²) < 4.78 is 0. The number of rotatable bonds is 32. The van der Waals surface area contributed by atoms with E-state index in [1.54, 1.807) is 0 Å². The van der Waals surface area contributed by atoms with E-state index in [-0.39, 0.29) is 17.4 Å². The zero-order valence-corrected chi connectivity index (χ0v) is 29.0. The molecule has 0 bridgehead atoms. The topological polar surface area (TPSA) is 74.6 Å². The van der Waals surface area contributed by atoms with E-state index >= 15 is 0 Å². The van der Waals surface area contributed by atoms with Crippen LogP contribution in [0.3, 0.4) is 0 Å². The number of hydrogen-bond acceptors (Lipinski definition) is 2. The fraction of sp³-hybridized carbons (Fsp3) is 0.944. The average Bonchev–Trinajstić information content (AvgIpc) is 2.93. The molecule has 0 fully saturated rings. The van der Waals surface area contributed by atoms with Gasteiger partial charge in [-0.2, -0.15) is 0 Å². The van der Waals surface area contributed by atoms with Crippen molar-refractivity contribution in [1.29, 1.82) is 0 Å². The molecule has 0 aliphatic heterocycles. The second-order valence-electron chi connectivity index (χ2n) is 12.2. The molecule has 246 valence electrons. The van der Waals surface area contributed by atoms with Crippen molar-refractivity contribution in [2.24, 2.45) is 0 Å². The number of carboxylic acid groups (broad SMARTS) is 2. The second kappa shape index (κ2) is 41.6. The van der Waals surface area contributed by atoms with Gasteiger partial charge in [0.05, 0.1) is 0 Å². The maximum Gasteiger partial charge on any atom is 0.303 e. The monoisotopic (exact) mass is 620 g/mol. The van der Waals surface area contributed by atoms with Crippen LogP contribution in [0.25, 0.3) is 0 Å². The normalized spacial score (nSPS) is 10.6. The van der Waals surface area contributed by atoms with Gasteiger partial charge in [-0.15, -0.1) is 0 Å². The Balaban J connectivity index is -0.000000688. The molecule has 0 saturated heterocycles. The molecule has 5 heteroatoms. The Bertz CT molecular complexity index is 454. The summed E-state index contributed by atoms with van der Waals surface area (Å²) in [5.41, 5.74) is 0. The molecule has 2 N–H and O–H groups in total. The van der Waals surface area contributed by atoms with Crippen LogP contribution >= 0.6 is 0 Å². The molecule has 0 saturated carbocycles. The fourth-order valence-electron chi connectivity index (χ4n) is 5.30. The van der Waals surface area contributed by atoms with Gasteiger partial charge in [0.2, 0.25) is 0 Å². The van der Waals surface area contributed by atoms with Gasteiger partial charge in [0.15, 0.2) is 0 Å². The summed E-state index contributed by atoms with van der Waals surface area (Å²) in [6, 6.07) is 0. The smallest absolute Gasteiger partial charge is 0.303 e. The number of hydrogen-bond donors (Lipinski definition) is 2. The van der Waals surface area contributed by atoms with Gasteiger partial charge in [-0.05, 0) is 12.8 Å². The quantitative estimate of drug-likeness (QED) is 0.0734. The Kier molecular flexibility index (Phi) is 45.6. The SMILES string of the molecule is CCCCCCCCCCCCCCCCCC(=O)O.CCCCCCCCCCCCCCCCCC(=O)O.[Cr]. The van der Waals surface area contributed by atoms with E-state index in [2.05, 4.69) is 13.8 Å². The van der Waals surface area contributed by atoms with Crippen LogP contribution in [0.15, 0.2) is 0 Å². The minimum Gasteiger partial charge on any atom is -0.481 e. The third-order valence-electron chi connectivity index (χ3n) is 7.99. The average molecular weight is 621 g/mol. The predicted molar refractivity (Wildman–Crippen MR) is 174 cm³/mol. The molecular weight excluding hydrogens is 548 g/mol. The molecule has 0 aromatic rings. The van der Waals surface area contributed by atoms with Crippen LogP contribution in [0.2, 0.25) is 0 Å². The van der Waals surface area contributed by atoms with Crippen molar-refractivity contribution < 1.29 is 37.2 Å². The summed E-state index contributed by atoms with van der Waals surface area (Å²) in [5, 5.41) is 17.0. The minimum atomic E-state index is -0.653. The molecule has 0 aromatic carbocycles. The zero-order valence-electron chi connectivity index (χ0n) is 27.7. The number of unbranched alkanes of at least 4 members (excludes halogenated alkanes) is 28. The zero-order chi connectivity index (χ0) is 29.8. The fourth-order valence-corrected chi connectivity index (χ4v) is 5.30. The van der Waals surface area contributed by atoms with Crippen LogP contribution in [0.5, 0.6) is 0 Å². The molecule has 0 atom stereocenters. The molecule has 0 spiro atoms. The Morgan fingerprint density at radius 1 is 0.317 bits per heavy atom. The van der Waals surface area contributed by atoms with Crippen molar-refractivity contribution in [3.8, 4) is 0 Å². The van der Waals surface area contributed by atoms with Gasteiger partial charge in [-0.1, -0.05) is 194 Å². The van der Waals surface area contributed by atoms with Crippen LogP contribution in [0.4, 0.5) is 0 Å². The number of carbonyl (C=O) groups is 2. The summed E-state index contributed by atoms with van der Waals surface area (Å²) in [4.78, 5) is 20.7. The van der Waals surface area contributed by atoms with Gasteiger partial charge in [-0.3, -0.25) is 9.59 Å². The van der Waals surface area contributed by atoms with Crippen molar-refractivity contribution in [2.45, 2.75) is 219 Å². The summed E-state index contributed by atoms with van der Waals surface area (Å²) in [7, 11) is 0. The molecule has 0 rings (SSSR count). The molecule has 41 heavy (non-hydrogen) atoms. The first-order chi connectivity index (χ1) is 19.5. The molecule has 0 heterocycles. The molecule has 0 aliphatic rings. The first kappa shape index (κ1) is 44.9. The largest absolute Gasteiger partial charge is 0.481 e. The Hall–Kier alpha value is -0.528. The van der Waals surface area contributed by atoms with E-state index < -0.39 is 11.9 Å². The Morgan fingerprint density at radius 3 is 0.610 bits per heavy atom. The van der Waals surface area contributed by atoms with E-state index in [0.29, 0.717) is 12.8 Å². The van der Waals surface area contributed by atoms with Crippen molar-refractivity contribution in [3.63, 3.8) is 0 Å². The van der Waals surface area contributed by atoms with E-state index in [0.717, 1.165) is 25.7 Å². The van der Waals surface area contributed by atoms with Gasteiger partial charge in [0, 0.05) is 30.2 Å². The van der Waals surface area contributed by atoms with Crippen LogP contribution in [0, 0.1) is 0 Å². The molecule has 0 aliphatic carbocycles. The summed E-state index contributed by atoms with van der Waals surface area (Å²) in [6.07, 6.45) is 40.4. The minimum absolute atomic E-state index is 0. The van der Waals surface area contributed by atoms with Crippen molar-refractivity contribution in [3.05, 3.63) is 0 Å². The maximum absolute atomic E-state index is 10.3. The van der Waals surface area contributed by atoms with Crippen molar-refractivity contribution >= 4 is 11.9 Å². The molecule has 0 unspecified atom stereocenters. The molecule has 4 nitrogen and oxygen atoms in total. The van der Waals surface area contributed by atoms with E-state index in [9.17, 15) is 9.59 Å². The van der Waals surface area contributed by atoms with Gasteiger partial charge < -0.3 is 10.2 Å². The van der Waals surface area contributed by atoms with Gasteiger partial charge in [0.25, 0.3) is 0 Å². The molecule has 0 aromatic heterocycles. The summed E-state index contributed by atoms with van der Waals surface area (Å²) in [5.74, 6) is -1.31. The van der Waals surface area contributed by atoms with Crippen LogP contribution in [-0.2, 0) is 27.0 Å². The predicted octanol–water partition coefficient (Wildman–Crippen LogP) is 12.7. The van der Waals surface area contributed by atoms with Crippen molar-refractivity contribution in [2.75, 3.05) is 0 Å². The Morgan fingerprint density at radius 2 is 0.463 bits per heavy atom. The third-order valence-corrected chi connectivity index (χ3v) is 7.99. The van der Waals surface area contributed by atoms with Crippen LogP contribution < -0.4 is 0 Å². The summed E-state index contributed by atoms with van der Waals surface area (Å²) in [6.45, 7) is 4.54. The standard InChI is InChI=1S/2C18H36O2.Cr/c2*1-2-3-4-5-6-7-8-9-10-11-12-13-14-15-16-17-18(19)20;/h2*2-17H2,1H3,(H,19,20);. The van der Waals surface area contributed by atoms with E-state index in [4.69, 9.17) is 10.2 Å². The number of aliphatic carboxylic acids is 2. The molecule has 0 radical (unpaired) electrons. The third kappa shape index (κ3) is 49.5. The first-order valence-electron chi connectivity index (χ1n) is 18.0. The van der Waals surface area contributed by atoms with Gasteiger partial charge in [0.1, 0.15) is 0 Å². The van der Waals surface area contributed by atoms with Crippen LogP contribution in [0.1, 0.15) is 219 Å². The molecule has 0 amide bonds. The van der Waals surface area contributed by atoms with Gasteiger partial charge in [-0.25, -0.2) is 0 Å². The Labute approximate surface area is 267 Å². The number of carboxylic acids is 2. The summed E-state index contributed by atoms with van der Waals surface area (Å²) >= 11 is 0. The van der Waals surface area contributed by atoms with Crippen LogP contribution in [-0.4, -0.2) is 22.2 Å². The second-order valence-corrected chi connectivity index (χ2v) is 12.2. The van der Waals surface area contributed by atoms with Crippen molar-refractivity contribution in [1.82, 2.24) is 0 Å². The molecular formula is C36H72CrO4. The maximum atomic E-state index is 10.3. The first-order valence-corrected chi connectivity index (χ1v) is 18.0. The van der Waals surface area contributed by atoms with E-state index in [1.807, 2.05) is 0 Å². The van der Waals surface area contributed by atoms with Gasteiger partial charge >= 0.3 is 11.9 Å².